The number of unbranched alkanes of at least 4 members (excludes halogenated alkanes) is 1. The van der Waals surface area contributed by atoms with Crippen molar-refractivity contribution in [2.24, 2.45) is 0 Å². The molecule has 1 aromatic rings. The summed E-state index contributed by atoms with van der Waals surface area (Å²) in [5.74, 6) is -2.90. The topological polar surface area (TPSA) is 135 Å². The van der Waals surface area contributed by atoms with Crippen LogP contribution in [0, 0.1) is 0 Å². The number of hydrogen-bond donors (Lipinski definition) is 3. The monoisotopic (exact) mass is 482 g/mol. The van der Waals surface area contributed by atoms with Gasteiger partial charge in [-0.15, -0.1) is 0 Å². The molecule has 0 aliphatic carbocycles. The minimum absolute atomic E-state index is 0.270. The quantitative estimate of drug-likeness (QED) is 0.300. The van der Waals surface area contributed by atoms with E-state index >= 15 is 0 Å². The number of anilines is 1. The number of ether oxygens (including phenoxy) is 3. The van der Waals surface area contributed by atoms with Crippen molar-refractivity contribution in [1.82, 2.24) is 4.90 Å². The first kappa shape index (κ1) is 29.2. The lowest BCUT2D eigenvalue weighted by Gasteiger charge is -2.30. The molecular weight excluding hydrogens is 444 g/mol. The van der Waals surface area contributed by atoms with E-state index in [-0.39, 0.29) is 6.10 Å². The fourth-order valence-corrected chi connectivity index (χ4v) is 3.21. The molecule has 0 spiro atoms. The van der Waals surface area contributed by atoms with Gasteiger partial charge in [-0.1, -0.05) is 32.8 Å². The molecule has 1 amide bonds. The predicted molar refractivity (Wildman–Crippen MR) is 127 cm³/mol. The van der Waals surface area contributed by atoms with Crippen LogP contribution in [0.4, 0.5) is 10.5 Å². The lowest BCUT2D eigenvalue weighted by Crippen LogP contribution is -2.41. The SMILES string of the molecule is CCCCOc1cccc(NC(=O)OC(COCCC)CN2CCCCC2)c1.O=C(O)C(=O)O. The molecule has 3 N–H and O–H groups in total. The Kier molecular flexibility index (Phi) is 15.1. The highest BCUT2D eigenvalue weighted by molar-refractivity contribution is 6.27. The van der Waals surface area contributed by atoms with Gasteiger partial charge in [0, 0.05) is 24.9 Å². The number of likely N-dealkylation sites (tertiary alicyclic amines) is 1. The van der Waals surface area contributed by atoms with Gasteiger partial charge >= 0.3 is 18.0 Å². The number of hydrogen-bond acceptors (Lipinski definition) is 7. The van der Waals surface area contributed by atoms with Crippen molar-refractivity contribution >= 4 is 23.7 Å². The molecule has 34 heavy (non-hydrogen) atoms. The Labute approximate surface area is 201 Å². The van der Waals surface area contributed by atoms with Gasteiger partial charge in [-0.3, -0.25) is 10.2 Å². The van der Waals surface area contributed by atoms with Gasteiger partial charge < -0.3 is 24.4 Å². The summed E-state index contributed by atoms with van der Waals surface area (Å²) in [6.45, 7) is 8.83. The summed E-state index contributed by atoms with van der Waals surface area (Å²) >= 11 is 0. The minimum Gasteiger partial charge on any atom is -0.494 e. The molecular formula is C24H38N2O8. The van der Waals surface area contributed by atoms with Crippen LogP contribution in [-0.2, 0) is 19.1 Å². The molecule has 1 saturated heterocycles. The number of aliphatic carboxylic acids is 2. The second-order valence-corrected chi connectivity index (χ2v) is 7.93. The van der Waals surface area contributed by atoms with Crippen LogP contribution in [0.5, 0.6) is 5.75 Å². The maximum Gasteiger partial charge on any atom is 0.414 e. The second-order valence-electron chi connectivity index (χ2n) is 7.93. The molecule has 0 saturated carbocycles. The third-order valence-electron chi connectivity index (χ3n) is 4.87. The van der Waals surface area contributed by atoms with E-state index in [4.69, 9.17) is 34.0 Å². The summed E-state index contributed by atoms with van der Waals surface area (Å²) < 4.78 is 17.0. The predicted octanol–water partition coefficient (Wildman–Crippen LogP) is 3.85. The molecule has 1 atom stereocenters. The van der Waals surface area contributed by atoms with Gasteiger partial charge in [0.25, 0.3) is 0 Å². The van der Waals surface area contributed by atoms with Gasteiger partial charge in [-0.2, -0.15) is 0 Å². The summed E-state index contributed by atoms with van der Waals surface area (Å²) in [4.78, 5) is 33.0. The largest absolute Gasteiger partial charge is 0.494 e. The molecule has 0 aromatic heterocycles. The number of amides is 1. The van der Waals surface area contributed by atoms with Crippen LogP contribution in [0.15, 0.2) is 24.3 Å². The van der Waals surface area contributed by atoms with Crippen molar-refractivity contribution in [3.05, 3.63) is 24.3 Å². The summed E-state index contributed by atoms with van der Waals surface area (Å²) in [7, 11) is 0. The first-order chi connectivity index (χ1) is 16.3. The first-order valence-corrected chi connectivity index (χ1v) is 11.8. The molecule has 10 nitrogen and oxygen atoms in total. The third kappa shape index (κ3) is 13.6. The minimum atomic E-state index is -1.82. The van der Waals surface area contributed by atoms with Crippen LogP contribution in [0.25, 0.3) is 0 Å². The zero-order valence-electron chi connectivity index (χ0n) is 20.2. The Balaban J connectivity index is 0.000000852. The summed E-state index contributed by atoms with van der Waals surface area (Å²) in [5.41, 5.74) is 0.671. The van der Waals surface area contributed by atoms with Gasteiger partial charge in [0.15, 0.2) is 0 Å². The van der Waals surface area contributed by atoms with Crippen molar-refractivity contribution in [2.45, 2.75) is 58.5 Å². The molecule has 1 unspecified atom stereocenters. The smallest absolute Gasteiger partial charge is 0.414 e. The Bertz CT molecular complexity index is 725. The van der Waals surface area contributed by atoms with Crippen LogP contribution in [0.1, 0.15) is 52.4 Å². The highest BCUT2D eigenvalue weighted by Gasteiger charge is 2.20. The van der Waals surface area contributed by atoms with Gasteiger partial charge in [0.05, 0.1) is 13.2 Å². The van der Waals surface area contributed by atoms with Crippen LogP contribution in [0.2, 0.25) is 0 Å². The highest BCUT2D eigenvalue weighted by atomic mass is 16.6. The first-order valence-electron chi connectivity index (χ1n) is 11.8. The lowest BCUT2D eigenvalue weighted by molar-refractivity contribution is -0.159. The number of carboxylic acid groups (broad SMARTS) is 2. The van der Waals surface area contributed by atoms with Gasteiger partial charge in [-0.25, -0.2) is 14.4 Å². The Hall–Kier alpha value is -2.85. The standard InChI is InChI=1S/C22H36N2O4.C2H2O4/c1-3-5-15-27-20-11-9-10-19(16-20)23-22(25)28-21(18-26-14-4-2)17-24-12-7-6-8-13-24;3-1(4)2(5)6/h9-11,16,21H,3-8,12-15,17-18H2,1-2H3,(H,23,25);(H,3,4)(H,5,6). The van der Waals surface area contributed by atoms with E-state index < -0.39 is 18.0 Å². The second kappa shape index (κ2) is 17.6. The lowest BCUT2D eigenvalue weighted by atomic mass is 10.1. The molecule has 0 bridgehead atoms. The zero-order chi connectivity index (χ0) is 25.2. The number of benzene rings is 1. The van der Waals surface area contributed by atoms with Gasteiger partial charge in [-0.05, 0) is 50.9 Å². The molecule has 0 radical (unpaired) electrons. The molecule has 1 aliphatic rings. The molecule has 192 valence electrons. The number of carbonyl (C=O) groups excluding carboxylic acids is 1. The fourth-order valence-electron chi connectivity index (χ4n) is 3.21. The summed E-state index contributed by atoms with van der Waals surface area (Å²) in [6.07, 6.45) is 6.03. The highest BCUT2D eigenvalue weighted by Crippen LogP contribution is 2.18. The molecule has 10 heteroatoms. The fraction of sp³-hybridized carbons (Fsp3) is 0.625. The zero-order valence-corrected chi connectivity index (χ0v) is 20.2. The van der Waals surface area contributed by atoms with E-state index in [1.54, 1.807) is 0 Å². The van der Waals surface area contributed by atoms with Crippen molar-refractivity contribution in [3.63, 3.8) is 0 Å². The normalized spacial score (nSPS) is 14.3. The molecule has 1 heterocycles. The molecule has 1 aromatic carbocycles. The summed E-state index contributed by atoms with van der Waals surface area (Å²) in [6, 6.07) is 7.42. The van der Waals surface area contributed by atoms with Crippen LogP contribution in [-0.4, -0.2) is 78.7 Å². The van der Waals surface area contributed by atoms with E-state index in [0.717, 1.165) is 44.6 Å². The third-order valence-corrected chi connectivity index (χ3v) is 4.87. The number of rotatable bonds is 12. The number of carboxylic acids is 2. The van der Waals surface area contributed by atoms with Crippen molar-refractivity contribution in [1.29, 1.82) is 0 Å². The molecule has 2 rings (SSSR count). The van der Waals surface area contributed by atoms with E-state index in [1.807, 2.05) is 24.3 Å². The number of carbonyl (C=O) groups is 3. The van der Waals surface area contributed by atoms with E-state index in [0.29, 0.717) is 25.5 Å². The number of piperidine rings is 1. The molecule has 1 aliphatic heterocycles. The van der Waals surface area contributed by atoms with Crippen LogP contribution in [0.3, 0.4) is 0 Å². The Morgan fingerprint density at radius 3 is 2.35 bits per heavy atom. The average molecular weight is 483 g/mol. The summed E-state index contributed by atoms with van der Waals surface area (Å²) in [5, 5.41) is 17.6. The van der Waals surface area contributed by atoms with Crippen molar-refractivity contribution in [3.8, 4) is 5.75 Å². The van der Waals surface area contributed by atoms with Crippen LogP contribution < -0.4 is 10.1 Å². The van der Waals surface area contributed by atoms with Crippen molar-refractivity contribution < 1.29 is 38.8 Å². The maximum atomic E-state index is 12.4. The number of nitrogens with zero attached hydrogens (tertiary/aromatic N) is 1. The van der Waals surface area contributed by atoms with Gasteiger partial charge in [0.2, 0.25) is 0 Å². The molecule has 1 fully saturated rings. The average Bonchev–Trinajstić information content (AvgIpc) is 2.80. The van der Waals surface area contributed by atoms with E-state index in [9.17, 15) is 4.79 Å². The Morgan fingerprint density at radius 1 is 1.03 bits per heavy atom. The van der Waals surface area contributed by atoms with Crippen LogP contribution >= 0.6 is 0 Å². The van der Waals surface area contributed by atoms with E-state index in [1.165, 1.54) is 19.3 Å². The van der Waals surface area contributed by atoms with Crippen molar-refractivity contribution in [2.75, 3.05) is 44.8 Å². The van der Waals surface area contributed by atoms with E-state index in [2.05, 4.69) is 24.1 Å². The Morgan fingerprint density at radius 2 is 1.74 bits per heavy atom. The number of nitrogens with one attached hydrogen (secondary N) is 1. The maximum absolute atomic E-state index is 12.4. The van der Waals surface area contributed by atoms with Gasteiger partial charge in [0.1, 0.15) is 11.9 Å².